The molecule has 0 amide bonds. The zero-order valence-electron chi connectivity index (χ0n) is 13.0. The van der Waals surface area contributed by atoms with Crippen LogP contribution in [0.15, 0.2) is 36.5 Å². The first-order valence-corrected chi connectivity index (χ1v) is 7.02. The predicted molar refractivity (Wildman–Crippen MR) is 83.8 cm³/mol. The first-order valence-electron chi connectivity index (χ1n) is 7.02. The highest BCUT2D eigenvalue weighted by Gasteiger charge is 2.32. The Kier molecular flexibility index (Phi) is 4.41. The van der Waals surface area contributed by atoms with Gasteiger partial charge in [-0.25, -0.2) is 0 Å². The Morgan fingerprint density at radius 1 is 1.20 bits per heavy atom. The minimum atomic E-state index is 0.0570. The second kappa shape index (κ2) is 5.90. The summed E-state index contributed by atoms with van der Waals surface area (Å²) in [4.78, 5) is 4.44. The molecule has 1 heterocycles. The van der Waals surface area contributed by atoms with Crippen LogP contribution in [0.4, 0.5) is 0 Å². The van der Waals surface area contributed by atoms with Crippen LogP contribution in [0, 0.1) is 5.41 Å². The first kappa shape index (κ1) is 14.9. The predicted octanol–water partition coefficient (Wildman–Crippen LogP) is 3.56. The molecule has 0 aliphatic heterocycles. The SMILES string of the molecule is CNC(c1ccc2cccnc2c1)C(OC)C(C)(C)C. The maximum Gasteiger partial charge on any atom is 0.0813 e. The number of pyridine rings is 1. The van der Waals surface area contributed by atoms with Crippen LogP contribution >= 0.6 is 0 Å². The van der Waals surface area contributed by atoms with E-state index in [2.05, 4.69) is 55.3 Å². The van der Waals surface area contributed by atoms with Gasteiger partial charge >= 0.3 is 0 Å². The fraction of sp³-hybridized carbons (Fsp3) is 0.471. The maximum absolute atomic E-state index is 5.75. The lowest BCUT2D eigenvalue weighted by atomic mass is 9.82. The van der Waals surface area contributed by atoms with Crippen molar-refractivity contribution in [3.8, 4) is 0 Å². The summed E-state index contributed by atoms with van der Waals surface area (Å²) in [6, 6.07) is 10.6. The molecule has 1 aromatic carbocycles. The summed E-state index contributed by atoms with van der Waals surface area (Å²) in [5.74, 6) is 0. The number of nitrogens with zero attached hydrogens (tertiary/aromatic N) is 1. The van der Waals surface area contributed by atoms with Crippen LogP contribution < -0.4 is 5.32 Å². The molecule has 20 heavy (non-hydrogen) atoms. The highest BCUT2D eigenvalue weighted by atomic mass is 16.5. The van der Waals surface area contributed by atoms with E-state index in [0.717, 1.165) is 10.9 Å². The van der Waals surface area contributed by atoms with Crippen molar-refractivity contribution in [2.24, 2.45) is 5.41 Å². The molecule has 2 rings (SSSR count). The third kappa shape index (κ3) is 3.00. The van der Waals surface area contributed by atoms with E-state index >= 15 is 0 Å². The minimum absolute atomic E-state index is 0.0570. The molecule has 1 aromatic heterocycles. The van der Waals surface area contributed by atoms with Crippen LogP contribution in [0.1, 0.15) is 32.4 Å². The van der Waals surface area contributed by atoms with Crippen molar-refractivity contribution in [1.29, 1.82) is 0 Å². The van der Waals surface area contributed by atoms with Gasteiger partial charge in [0.15, 0.2) is 0 Å². The molecule has 0 radical (unpaired) electrons. The first-order chi connectivity index (χ1) is 9.47. The summed E-state index contributed by atoms with van der Waals surface area (Å²) in [6.07, 6.45) is 1.92. The number of rotatable bonds is 4. The molecule has 2 aromatic rings. The number of nitrogens with one attached hydrogen (secondary N) is 1. The number of hydrogen-bond acceptors (Lipinski definition) is 3. The molecule has 0 spiro atoms. The Bertz CT molecular complexity index is 574. The second-order valence-corrected chi connectivity index (χ2v) is 6.24. The van der Waals surface area contributed by atoms with E-state index in [-0.39, 0.29) is 17.6 Å². The minimum Gasteiger partial charge on any atom is -0.379 e. The normalized spacial score (nSPS) is 15.2. The summed E-state index contributed by atoms with van der Waals surface area (Å²) < 4.78 is 5.75. The van der Waals surface area contributed by atoms with Crippen LogP contribution in [0.2, 0.25) is 0 Å². The summed E-state index contributed by atoms with van der Waals surface area (Å²) in [6.45, 7) is 6.60. The molecule has 108 valence electrons. The molecular formula is C17H24N2O. The molecule has 0 aliphatic rings. The average Bonchev–Trinajstić information content (AvgIpc) is 2.42. The van der Waals surface area contributed by atoms with Gasteiger partial charge in [-0.1, -0.05) is 39.0 Å². The number of hydrogen-bond donors (Lipinski definition) is 1. The van der Waals surface area contributed by atoms with Crippen molar-refractivity contribution < 1.29 is 4.74 Å². The third-order valence-corrected chi connectivity index (χ3v) is 3.71. The van der Waals surface area contributed by atoms with Gasteiger partial charge in [-0.3, -0.25) is 4.98 Å². The van der Waals surface area contributed by atoms with Crippen LogP contribution in [-0.2, 0) is 4.74 Å². The van der Waals surface area contributed by atoms with E-state index < -0.39 is 0 Å². The molecular weight excluding hydrogens is 248 g/mol. The standard InChI is InChI=1S/C17H24N2O/c1-17(2,3)16(20-5)15(18-4)13-9-8-12-7-6-10-19-14(12)11-13/h6-11,15-16,18H,1-5H3. The highest BCUT2D eigenvalue weighted by molar-refractivity contribution is 5.79. The molecule has 3 heteroatoms. The van der Waals surface area contributed by atoms with Gasteiger partial charge in [0.05, 0.1) is 17.7 Å². The number of aromatic nitrogens is 1. The molecule has 3 nitrogen and oxygen atoms in total. The lowest BCUT2D eigenvalue weighted by Gasteiger charge is -2.36. The van der Waals surface area contributed by atoms with Gasteiger partial charge in [0.2, 0.25) is 0 Å². The number of methoxy groups -OCH3 is 1. The van der Waals surface area contributed by atoms with Crippen LogP contribution in [-0.4, -0.2) is 25.2 Å². The van der Waals surface area contributed by atoms with E-state index in [4.69, 9.17) is 4.74 Å². The van der Waals surface area contributed by atoms with E-state index in [9.17, 15) is 0 Å². The van der Waals surface area contributed by atoms with Gasteiger partial charge in [-0.05, 0) is 30.2 Å². The fourth-order valence-corrected chi connectivity index (χ4v) is 2.76. The Morgan fingerprint density at radius 2 is 1.95 bits per heavy atom. The molecule has 0 aliphatic carbocycles. The molecule has 1 N–H and O–H groups in total. The Morgan fingerprint density at radius 3 is 2.55 bits per heavy atom. The Labute approximate surface area is 121 Å². The van der Waals surface area contributed by atoms with E-state index in [1.165, 1.54) is 5.56 Å². The summed E-state index contributed by atoms with van der Waals surface area (Å²) in [5.41, 5.74) is 2.29. The van der Waals surface area contributed by atoms with Gasteiger partial charge in [-0.15, -0.1) is 0 Å². The van der Waals surface area contributed by atoms with E-state index in [1.807, 2.05) is 19.3 Å². The van der Waals surface area contributed by atoms with Crippen molar-refractivity contribution in [1.82, 2.24) is 10.3 Å². The van der Waals surface area contributed by atoms with E-state index in [1.54, 1.807) is 7.11 Å². The number of benzene rings is 1. The van der Waals surface area contributed by atoms with Crippen molar-refractivity contribution in [3.63, 3.8) is 0 Å². The largest absolute Gasteiger partial charge is 0.379 e. The maximum atomic E-state index is 5.75. The smallest absolute Gasteiger partial charge is 0.0813 e. The summed E-state index contributed by atoms with van der Waals surface area (Å²) in [7, 11) is 3.75. The number of likely N-dealkylation sites (N-methyl/N-ethyl adjacent to an activating group) is 1. The third-order valence-electron chi connectivity index (χ3n) is 3.71. The Balaban J connectivity index is 2.43. The van der Waals surface area contributed by atoms with Crippen LogP contribution in [0.25, 0.3) is 10.9 Å². The van der Waals surface area contributed by atoms with Gasteiger partial charge in [0, 0.05) is 18.7 Å². The van der Waals surface area contributed by atoms with Crippen molar-refractivity contribution in [2.45, 2.75) is 32.9 Å². The van der Waals surface area contributed by atoms with Gasteiger partial charge in [0.1, 0.15) is 0 Å². The van der Waals surface area contributed by atoms with Gasteiger partial charge in [0.25, 0.3) is 0 Å². The molecule has 0 saturated carbocycles. The topological polar surface area (TPSA) is 34.2 Å². The second-order valence-electron chi connectivity index (χ2n) is 6.24. The quantitative estimate of drug-likeness (QED) is 0.924. The van der Waals surface area contributed by atoms with Gasteiger partial charge < -0.3 is 10.1 Å². The van der Waals surface area contributed by atoms with E-state index in [0.29, 0.717) is 0 Å². The average molecular weight is 272 g/mol. The fourth-order valence-electron chi connectivity index (χ4n) is 2.76. The van der Waals surface area contributed by atoms with Crippen molar-refractivity contribution in [2.75, 3.05) is 14.2 Å². The molecule has 2 atom stereocenters. The summed E-state index contributed by atoms with van der Waals surface area (Å²) >= 11 is 0. The molecule has 2 unspecified atom stereocenters. The van der Waals surface area contributed by atoms with Crippen molar-refractivity contribution >= 4 is 10.9 Å². The lowest BCUT2D eigenvalue weighted by Crippen LogP contribution is -2.40. The number of ether oxygens (including phenoxy) is 1. The van der Waals surface area contributed by atoms with Crippen LogP contribution in [0.5, 0.6) is 0 Å². The molecule has 0 saturated heterocycles. The Hall–Kier alpha value is -1.45. The zero-order valence-corrected chi connectivity index (χ0v) is 13.0. The van der Waals surface area contributed by atoms with Crippen LogP contribution in [0.3, 0.4) is 0 Å². The number of fused-ring (bicyclic) bond motifs is 1. The molecule has 0 fully saturated rings. The highest BCUT2D eigenvalue weighted by Crippen LogP contribution is 2.33. The lowest BCUT2D eigenvalue weighted by molar-refractivity contribution is -0.0101. The van der Waals surface area contributed by atoms with Crippen molar-refractivity contribution in [3.05, 3.63) is 42.1 Å². The zero-order chi connectivity index (χ0) is 14.8. The molecule has 0 bridgehead atoms. The van der Waals surface area contributed by atoms with Gasteiger partial charge in [-0.2, -0.15) is 0 Å². The summed E-state index contributed by atoms with van der Waals surface area (Å²) in [5, 5.41) is 4.55. The monoisotopic (exact) mass is 272 g/mol.